The smallest absolute Gasteiger partial charge is 0.141 e. The van der Waals surface area contributed by atoms with Crippen LogP contribution in [0.1, 0.15) is 39.2 Å². The first kappa shape index (κ1) is 12.4. The summed E-state index contributed by atoms with van der Waals surface area (Å²) in [7, 11) is 0. The molecule has 0 unspecified atom stereocenters. The van der Waals surface area contributed by atoms with Crippen LogP contribution in [0.5, 0.6) is 5.75 Å². The zero-order chi connectivity index (χ0) is 12.3. The van der Waals surface area contributed by atoms with E-state index in [-0.39, 0.29) is 11.5 Å². The molecule has 0 aliphatic carbocycles. The second kappa shape index (κ2) is 5.05. The maximum atomic E-state index is 6.07. The summed E-state index contributed by atoms with van der Waals surface area (Å²) in [6.45, 7) is 8.18. The van der Waals surface area contributed by atoms with Crippen LogP contribution in [-0.2, 0) is 10.2 Å². The predicted octanol–water partition coefficient (Wildman–Crippen LogP) is 2.94. The minimum atomic E-state index is 0.0867. The van der Waals surface area contributed by atoms with E-state index in [0.29, 0.717) is 0 Å². The maximum Gasteiger partial charge on any atom is 0.141 e. The fourth-order valence-corrected chi connectivity index (χ4v) is 2.07. The first-order chi connectivity index (χ1) is 8.07. The molecule has 2 rings (SSSR count). The normalized spacial score (nSPS) is 18.1. The third-order valence-corrected chi connectivity index (χ3v) is 3.05. The molecule has 17 heavy (non-hydrogen) atoms. The first-order valence-electron chi connectivity index (χ1n) is 6.26. The van der Waals surface area contributed by atoms with Gasteiger partial charge in [-0.15, -0.1) is 0 Å². The van der Waals surface area contributed by atoms with E-state index in [1.165, 1.54) is 5.56 Å². The van der Waals surface area contributed by atoms with Crippen LogP contribution in [0, 0.1) is 0 Å². The van der Waals surface area contributed by atoms with Gasteiger partial charge in [0.25, 0.3) is 0 Å². The van der Waals surface area contributed by atoms with Crippen molar-refractivity contribution in [2.45, 2.75) is 45.1 Å². The number of ether oxygens (including phenoxy) is 2. The van der Waals surface area contributed by atoms with Crippen LogP contribution in [0.15, 0.2) is 18.5 Å². The van der Waals surface area contributed by atoms with Crippen LogP contribution < -0.4 is 4.74 Å². The highest BCUT2D eigenvalue weighted by molar-refractivity contribution is 5.35. The number of rotatable bonds is 2. The number of pyridine rings is 1. The fourth-order valence-electron chi connectivity index (χ4n) is 2.07. The van der Waals surface area contributed by atoms with Crippen molar-refractivity contribution in [3.05, 3.63) is 24.0 Å². The standard InChI is InChI=1S/C14H21NO2/c1-14(2,3)12-4-7-15-10-13(12)17-11-5-8-16-9-6-11/h4,7,10-11H,5-6,8-9H2,1-3H3. The molecule has 0 N–H and O–H groups in total. The van der Waals surface area contributed by atoms with Gasteiger partial charge in [0.15, 0.2) is 0 Å². The summed E-state index contributed by atoms with van der Waals surface area (Å²) >= 11 is 0. The van der Waals surface area contributed by atoms with Crippen LogP contribution in [0.3, 0.4) is 0 Å². The van der Waals surface area contributed by atoms with Gasteiger partial charge >= 0.3 is 0 Å². The summed E-state index contributed by atoms with van der Waals surface area (Å²) in [6.07, 6.45) is 5.87. The summed E-state index contributed by atoms with van der Waals surface area (Å²) in [5.74, 6) is 0.923. The van der Waals surface area contributed by atoms with Gasteiger partial charge in [-0.1, -0.05) is 20.8 Å². The Morgan fingerprint density at radius 1 is 1.29 bits per heavy atom. The molecule has 0 aromatic carbocycles. The van der Waals surface area contributed by atoms with Crippen molar-refractivity contribution < 1.29 is 9.47 Å². The van der Waals surface area contributed by atoms with E-state index >= 15 is 0 Å². The second-order valence-electron chi connectivity index (χ2n) is 5.55. The highest BCUT2D eigenvalue weighted by Gasteiger charge is 2.22. The maximum absolute atomic E-state index is 6.07. The lowest BCUT2D eigenvalue weighted by molar-refractivity contribution is 0.0247. The number of hydrogen-bond acceptors (Lipinski definition) is 3. The van der Waals surface area contributed by atoms with Crippen molar-refractivity contribution in [3.8, 4) is 5.75 Å². The van der Waals surface area contributed by atoms with Gasteiger partial charge in [-0.05, 0) is 11.5 Å². The molecule has 0 saturated carbocycles. The molecule has 1 aromatic heterocycles. The Balaban J connectivity index is 2.14. The Bertz CT molecular complexity index is 365. The van der Waals surface area contributed by atoms with E-state index < -0.39 is 0 Å². The van der Waals surface area contributed by atoms with Gasteiger partial charge in [-0.2, -0.15) is 0 Å². The molecule has 1 fully saturated rings. The molecule has 3 heteroatoms. The van der Waals surface area contributed by atoms with Crippen molar-refractivity contribution in [2.75, 3.05) is 13.2 Å². The van der Waals surface area contributed by atoms with Gasteiger partial charge in [-0.3, -0.25) is 4.98 Å². The van der Waals surface area contributed by atoms with Gasteiger partial charge in [0.1, 0.15) is 11.9 Å². The van der Waals surface area contributed by atoms with E-state index in [1.807, 2.05) is 12.4 Å². The number of aromatic nitrogens is 1. The molecular weight excluding hydrogens is 214 g/mol. The Morgan fingerprint density at radius 2 is 2.00 bits per heavy atom. The zero-order valence-corrected chi connectivity index (χ0v) is 10.9. The lowest BCUT2D eigenvalue weighted by Gasteiger charge is -2.27. The number of hydrogen-bond donors (Lipinski definition) is 0. The molecule has 3 nitrogen and oxygen atoms in total. The first-order valence-corrected chi connectivity index (χ1v) is 6.26. The summed E-state index contributed by atoms with van der Waals surface area (Å²) in [5, 5.41) is 0. The molecule has 0 atom stereocenters. The third-order valence-electron chi connectivity index (χ3n) is 3.05. The largest absolute Gasteiger partial charge is 0.488 e. The summed E-state index contributed by atoms with van der Waals surface area (Å²) in [6, 6.07) is 2.05. The molecule has 1 aromatic rings. The Kier molecular flexibility index (Phi) is 3.67. The third kappa shape index (κ3) is 3.19. The number of nitrogens with zero attached hydrogens (tertiary/aromatic N) is 1. The molecule has 1 aliphatic heterocycles. The van der Waals surface area contributed by atoms with Gasteiger partial charge < -0.3 is 9.47 Å². The van der Waals surface area contributed by atoms with E-state index in [0.717, 1.165) is 31.8 Å². The quantitative estimate of drug-likeness (QED) is 0.789. The molecule has 0 bridgehead atoms. The SMILES string of the molecule is CC(C)(C)c1ccncc1OC1CCOCC1. The van der Waals surface area contributed by atoms with Crippen LogP contribution in [0.25, 0.3) is 0 Å². The average Bonchev–Trinajstić information content (AvgIpc) is 2.30. The molecule has 0 amide bonds. The Hall–Kier alpha value is -1.09. The average molecular weight is 235 g/mol. The second-order valence-corrected chi connectivity index (χ2v) is 5.55. The summed E-state index contributed by atoms with van der Waals surface area (Å²) in [5.41, 5.74) is 1.31. The van der Waals surface area contributed by atoms with E-state index in [1.54, 1.807) is 0 Å². The molecule has 2 heterocycles. The van der Waals surface area contributed by atoms with Crippen molar-refractivity contribution in [2.24, 2.45) is 0 Å². The van der Waals surface area contributed by atoms with Crippen molar-refractivity contribution in [1.29, 1.82) is 0 Å². The van der Waals surface area contributed by atoms with E-state index in [2.05, 4.69) is 31.8 Å². The van der Waals surface area contributed by atoms with Crippen molar-refractivity contribution in [1.82, 2.24) is 4.98 Å². The summed E-state index contributed by atoms with van der Waals surface area (Å²) in [4.78, 5) is 4.17. The lowest BCUT2D eigenvalue weighted by Crippen LogP contribution is -2.27. The van der Waals surface area contributed by atoms with Crippen LogP contribution in [0.4, 0.5) is 0 Å². The Morgan fingerprint density at radius 3 is 2.65 bits per heavy atom. The molecule has 0 radical (unpaired) electrons. The van der Waals surface area contributed by atoms with Crippen LogP contribution >= 0.6 is 0 Å². The topological polar surface area (TPSA) is 31.4 Å². The molecule has 1 saturated heterocycles. The van der Waals surface area contributed by atoms with Crippen molar-refractivity contribution in [3.63, 3.8) is 0 Å². The predicted molar refractivity (Wildman–Crippen MR) is 67.4 cm³/mol. The van der Waals surface area contributed by atoms with E-state index in [9.17, 15) is 0 Å². The minimum Gasteiger partial charge on any atom is -0.488 e. The van der Waals surface area contributed by atoms with Crippen LogP contribution in [-0.4, -0.2) is 24.3 Å². The highest BCUT2D eigenvalue weighted by Crippen LogP contribution is 2.31. The summed E-state index contributed by atoms with van der Waals surface area (Å²) < 4.78 is 11.4. The van der Waals surface area contributed by atoms with E-state index in [4.69, 9.17) is 9.47 Å². The Labute approximate surface area is 103 Å². The zero-order valence-electron chi connectivity index (χ0n) is 10.9. The fraction of sp³-hybridized carbons (Fsp3) is 0.643. The minimum absolute atomic E-state index is 0.0867. The molecule has 94 valence electrons. The molecular formula is C14H21NO2. The monoisotopic (exact) mass is 235 g/mol. The lowest BCUT2D eigenvalue weighted by atomic mass is 9.87. The van der Waals surface area contributed by atoms with Gasteiger partial charge in [0, 0.05) is 24.6 Å². The van der Waals surface area contributed by atoms with Crippen molar-refractivity contribution >= 4 is 0 Å². The molecule has 0 spiro atoms. The molecule has 1 aliphatic rings. The van der Waals surface area contributed by atoms with Gasteiger partial charge in [0.2, 0.25) is 0 Å². The van der Waals surface area contributed by atoms with Gasteiger partial charge in [0.05, 0.1) is 19.4 Å². The van der Waals surface area contributed by atoms with Crippen LogP contribution in [0.2, 0.25) is 0 Å². The van der Waals surface area contributed by atoms with Gasteiger partial charge in [-0.25, -0.2) is 0 Å². The highest BCUT2D eigenvalue weighted by atomic mass is 16.5.